The number of allylic oxidation sites excluding steroid dienone is 1. The molecule has 4 rings (SSSR count). The van der Waals surface area contributed by atoms with Gasteiger partial charge in [0.2, 0.25) is 0 Å². The Morgan fingerprint density at radius 1 is 0.511 bits per heavy atom. The zero-order valence-corrected chi connectivity index (χ0v) is 33.5. The minimum absolute atomic E-state index is 0.797. The van der Waals surface area contributed by atoms with E-state index >= 15 is 0 Å². The van der Waals surface area contributed by atoms with E-state index in [9.17, 15) is 0 Å². The number of benzene rings is 4. The largest absolute Gasteiger partial charge is 0.426 e. The molecule has 0 bridgehead atoms. The Hall–Kier alpha value is -2.64. The van der Waals surface area contributed by atoms with Gasteiger partial charge in [-0.2, -0.15) is 0 Å². The zero-order valence-electron chi connectivity index (χ0n) is 28.4. The van der Waals surface area contributed by atoms with Gasteiger partial charge >= 0.3 is 8.56 Å². The van der Waals surface area contributed by atoms with E-state index in [1.165, 1.54) is 20.7 Å². The van der Waals surface area contributed by atoms with E-state index < -0.39 is 42.1 Å². The minimum Gasteiger partial charge on any atom is -0.426 e. The summed E-state index contributed by atoms with van der Waals surface area (Å²) in [4.78, 5) is 0. The van der Waals surface area contributed by atoms with E-state index in [1.54, 1.807) is 0 Å². The Morgan fingerprint density at radius 3 is 1.13 bits per heavy atom. The summed E-state index contributed by atoms with van der Waals surface area (Å²) in [6.07, 6.45) is 2.44. The summed E-state index contributed by atoms with van der Waals surface area (Å²) >= 11 is 0. The molecule has 0 saturated carbocycles. The average Bonchev–Trinajstić information content (AvgIpc) is 3.07. The summed E-state index contributed by atoms with van der Waals surface area (Å²) in [5.74, 6) is 0. The molecule has 0 unspecified atom stereocenters. The van der Waals surface area contributed by atoms with Gasteiger partial charge in [-0.25, -0.2) is 0 Å². The molecule has 0 atom stereocenters. The summed E-state index contributed by atoms with van der Waals surface area (Å²) in [5.41, 5.74) is 7.51. The van der Waals surface area contributed by atoms with Crippen LogP contribution in [0.3, 0.4) is 0 Å². The van der Waals surface area contributed by atoms with Crippen LogP contribution in [0.2, 0.25) is 50.9 Å². The van der Waals surface area contributed by atoms with Crippen LogP contribution in [0.1, 0.15) is 13.8 Å². The van der Waals surface area contributed by atoms with Crippen LogP contribution in [0.15, 0.2) is 145 Å². The van der Waals surface area contributed by atoms with Gasteiger partial charge in [-0.3, -0.25) is 0 Å². The lowest BCUT2D eigenvalue weighted by atomic mass is 10.4. The predicted octanol–water partition coefficient (Wildman–Crippen LogP) is 7.58. The molecule has 45 heavy (non-hydrogen) atoms. The summed E-state index contributed by atoms with van der Waals surface area (Å²) in [6, 6.07) is 46.9. The van der Waals surface area contributed by atoms with Crippen molar-refractivity contribution < 1.29 is 8.23 Å². The van der Waals surface area contributed by atoms with Gasteiger partial charge in [-0.05, 0) is 38.9 Å². The van der Waals surface area contributed by atoms with Crippen molar-refractivity contribution in [1.29, 1.82) is 0 Å². The van der Waals surface area contributed by atoms with Crippen LogP contribution in [0, 0.1) is 0 Å². The van der Waals surface area contributed by atoms with E-state index in [-0.39, 0.29) is 0 Å². The molecule has 0 saturated heterocycles. The number of hydrogen-bond acceptors (Lipinski definition) is 2. The molecule has 0 spiro atoms. The number of rotatable bonds is 15. The Morgan fingerprint density at radius 2 is 0.844 bits per heavy atom. The van der Waals surface area contributed by atoms with Crippen LogP contribution in [0.5, 0.6) is 0 Å². The van der Waals surface area contributed by atoms with E-state index in [2.05, 4.69) is 191 Å². The fourth-order valence-corrected chi connectivity index (χ4v) is 24.8. The molecule has 0 aliphatic rings. The molecule has 0 radical (unpaired) electrons. The molecule has 0 aliphatic carbocycles. The van der Waals surface area contributed by atoms with Gasteiger partial charge in [0.15, 0.2) is 0 Å². The fraction of sp³-hybridized carbons (Fsp3) is 0.263. The molecule has 2 nitrogen and oxygen atoms in total. The molecule has 7 heteroatoms. The quantitative estimate of drug-likeness (QED) is 0.121. The van der Waals surface area contributed by atoms with Crippen molar-refractivity contribution in [1.82, 2.24) is 0 Å². The van der Waals surface area contributed by atoms with Crippen molar-refractivity contribution in [2.75, 3.05) is 0 Å². The highest BCUT2D eigenvalue weighted by Crippen LogP contribution is 2.30. The maximum atomic E-state index is 8.02. The normalized spacial score (nSPS) is 13.2. The van der Waals surface area contributed by atoms with Gasteiger partial charge in [0.05, 0.1) is 8.07 Å². The number of hydrogen-bond donors (Lipinski definition) is 0. The van der Waals surface area contributed by atoms with Crippen molar-refractivity contribution >= 4 is 62.8 Å². The maximum absolute atomic E-state index is 8.02. The van der Waals surface area contributed by atoms with Crippen molar-refractivity contribution in [3.63, 3.8) is 0 Å². The molecule has 0 N–H and O–H groups in total. The predicted molar refractivity (Wildman–Crippen MR) is 210 cm³/mol. The molecule has 236 valence electrons. The van der Waals surface area contributed by atoms with Crippen molar-refractivity contribution in [2.45, 2.75) is 64.7 Å². The third-order valence-corrected chi connectivity index (χ3v) is 24.9. The van der Waals surface area contributed by atoms with E-state index in [0.29, 0.717) is 0 Å². The third kappa shape index (κ3) is 8.80. The molecule has 0 heterocycles. The topological polar surface area (TPSA) is 18.5 Å². The molecule has 0 aromatic heterocycles. The van der Waals surface area contributed by atoms with Crippen molar-refractivity contribution in [2.24, 2.45) is 0 Å². The first kappa shape index (κ1) is 35.2. The maximum Gasteiger partial charge on any atom is 0.318 e. The van der Waals surface area contributed by atoms with Crippen LogP contribution in [0.4, 0.5) is 0 Å². The second-order valence-electron chi connectivity index (χ2n) is 13.5. The highest BCUT2D eigenvalue weighted by Gasteiger charge is 2.52. The molecular formula is C38H52O2Si5. The first-order valence-electron chi connectivity index (χ1n) is 16.6. The highest BCUT2D eigenvalue weighted by atomic mass is 28.5. The third-order valence-electron chi connectivity index (χ3n) is 8.36. The Bertz CT molecular complexity index is 1420. The van der Waals surface area contributed by atoms with Gasteiger partial charge < -0.3 is 8.23 Å². The van der Waals surface area contributed by atoms with Crippen LogP contribution in [-0.2, 0) is 8.23 Å². The minimum atomic E-state index is -2.89. The highest BCUT2D eigenvalue weighted by molar-refractivity contribution is 7.09. The summed E-state index contributed by atoms with van der Waals surface area (Å²) in [5, 5.41) is 5.12. The summed E-state index contributed by atoms with van der Waals surface area (Å²) < 4.78 is 16.0. The molecule has 0 fully saturated rings. The standard InChI is InChI=1S/C38H52O2Si5/c1-8-43(9-2,39-44(32-22-31-41(3)4,35-23-14-10-15-24-35)36-25-16-11-17-26-36)40-45(34-33-42(5,6)7,37-27-18-12-19-28-37)38-29-20-13-21-30-38/h10-30,32-34,41H,8-9,31H2,1-7H3. The second kappa shape index (κ2) is 15.8. The van der Waals surface area contributed by atoms with Gasteiger partial charge in [0.1, 0.15) is 0 Å². The monoisotopic (exact) mass is 680 g/mol. The van der Waals surface area contributed by atoms with Crippen molar-refractivity contribution in [3.05, 3.63) is 145 Å². The van der Waals surface area contributed by atoms with Crippen LogP contribution < -0.4 is 20.7 Å². The second-order valence-corrected chi connectivity index (χ2v) is 32.6. The lowest BCUT2D eigenvalue weighted by Gasteiger charge is -2.45. The smallest absolute Gasteiger partial charge is 0.318 e. The fourth-order valence-electron chi connectivity index (χ4n) is 5.78. The van der Waals surface area contributed by atoms with Gasteiger partial charge in [0, 0.05) is 8.80 Å². The van der Waals surface area contributed by atoms with Gasteiger partial charge in [0.25, 0.3) is 16.6 Å². The first-order valence-corrected chi connectivity index (χ1v) is 29.5. The first-order chi connectivity index (χ1) is 21.6. The molecular weight excluding hydrogens is 629 g/mol. The van der Waals surface area contributed by atoms with Crippen LogP contribution in [-0.4, -0.2) is 42.1 Å². The molecule has 4 aromatic rings. The lowest BCUT2D eigenvalue weighted by Crippen LogP contribution is -2.71. The zero-order chi connectivity index (χ0) is 32.4. The molecule has 0 aliphatic heterocycles. The summed E-state index contributed by atoms with van der Waals surface area (Å²) in [7, 11) is -11.0. The SMILES string of the molecule is CC[Si](CC)(O[Si](C=CC[SiH](C)C)(c1ccccc1)c1ccccc1)O[Si](C=C[Si](C)(C)C)(c1ccccc1)c1ccccc1. The van der Waals surface area contributed by atoms with E-state index in [1.807, 2.05) is 0 Å². The molecule has 4 aromatic carbocycles. The molecule has 0 amide bonds. The van der Waals surface area contributed by atoms with E-state index in [0.717, 1.165) is 18.1 Å². The van der Waals surface area contributed by atoms with Gasteiger partial charge in [-0.1, -0.05) is 191 Å². The lowest BCUT2D eigenvalue weighted by molar-refractivity contribution is 0.391. The Labute approximate surface area is 279 Å². The van der Waals surface area contributed by atoms with Crippen molar-refractivity contribution in [3.8, 4) is 0 Å². The van der Waals surface area contributed by atoms with Gasteiger partial charge in [-0.15, -0.1) is 0 Å². The van der Waals surface area contributed by atoms with E-state index in [4.69, 9.17) is 8.23 Å². The Balaban J connectivity index is 2.01. The van der Waals surface area contributed by atoms with Crippen LogP contribution >= 0.6 is 0 Å². The summed E-state index contributed by atoms with van der Waals surface area (Å²) in [6.45, 7) is 16.7. The van der Waals surface area contributed by atoms with Crippen LogP contribution in [0.25, 0.3) is 0 Å². The average molecular weight is 681 g/mol. The Kier molecular flexibility index (Phi) is 12.3.